The summed E-state index contributed by atoms with van der Waals surface area (Å²) in [5.74, 6) is 5.80. The number of nitrogens with two attached hydrogens (primary N) is 1. The topological polar surface area (TPSA) is 68.3 Å². The van der Waals surface area contributed by atoms with Crippen molar-refractivity contribution in [1.29, 1.82) is 0 Å². The van der Waals surface area contributed by atoms with Crippen molar-refractivity contribution in [2.75, 3.05) is 19.7 Å². The second kappa shape index (κ2) is 6.44. The van der Waals surface area contributed by atoms with E-state index in [1.165, 1.54) is 25.1 Å². The molecular weight excluding hydrogens is 266 g/mol. The third-order valence-electron chi connectivity index (χ3n) is 4.90. The van der Waals surface area contributed by atoms with Crippen LogP contribution >= 0.6 is 0 Å². The minimum atomic E-state index is 0.131. The molecule has 3 atom stereocenters. The Balaban J connectivity index is 1.65. The van der Waals surface area contributed by atoms with Crippen LogP contribution in [0.15, 0.2) is 6.07 Å². The highest BCUT2D eigenvalue weighted by atomic mass is 16.5. The molecule has 3 heterocycles. The van der Waals surface area contributed by atoms with E-state index in [0.717, 1.165) is 31.7 Å². The Kier molecular flexibility index (Phi) is 4.59. The highest BCUT2D eigenvalue weighted by Gasteiger charge is 2.35. The van der Waals surface area contributed by atoms with Gasteiger partial charge in [0.15, 0.2) is 0 Å². The van der Waals surface area contributed by atoms with Gasteiger partial charge in [-0.1, -0.05) is 6.92 Å². The molecule has 3 N–H and O–H groups in total. The number of aryl methyl sites for hydroxylation is 2. The molecule has 6 heteroatoms. The van der Waals surface area contributed by atoms with Crippen molar-refractivity contribution in [3.63, 3.8) is 0 Å². The molecule has 6 nitrogen and oxygen atoms in total. The first kappa shape index (κ1) is 15.0. The van der Waals surface area contributed by atoms with Crippen LogP contribution in [0.3, 0.4) is 0 Å². The first-order valence-electron chi connectivity index (χ1n) is 8.04. The zero-order valence-electron chi connectivity index (χ0n) is 13.1. The van der Waals surface area contributed by atoms with E-state index in [9.17, 15) is 0 Å². The molecule has 1 aromatic rings. The van der Waals surface area contributed by atoms with Crippen molar-refractivity contribution >= 4 is 0 Å². The van der Waals surface area contributed by atoms with E-state index in [0.29, 0.717) is 6.04 Å². The molecule has 3 rings (SSSR count). The number of morpholine rings is 1. The first-order chi connectivity index (χ1) is 10.2. The zero-order chi connectivity index (χ0) is 14.8. The fourth-order valence-corrected chi connectivity index (χ4v) is 3.54. The summed E-state index contributed by atoms with van der Waals surface area (Å²) in [5.41, 5.74) is 5.30. The van der Waals surface area contributed by atoms with Gasteiger partial charge in [0.2, 0.25) is 0 Å². The molecule has 2 fully saturated rings. The number of hydrogen-bond donors (Lipinski definition) is 2. The van der Waals surface area contributed by atoms with E-state index in [1.54, 1.807) is 0 Å². The number of hydrazine groups is 1. The third-order valence-corrected chi connectivity index (χ3v) is 4.90. The smallest absolute Gasteiger partial charge is 0.0872 e. The number of fused-ring (bicyclic) bond motifs is 1. The van der Waals surface area contributed by atoms with Gasteiger partial charge in [-0.25, -0.2) is 0 Å². The molecular formula is C15H27N5O. The van der Waals surface area contributed by atoms with Crippen LogP contribution in [0.25, 0.3) is 0 Å². The van der Waals surface area contributed by atoms with Crippen LogP contribution in [0.1, 0.15) is 31.2 Å². The van der Waals surface area contributed by atoms with Gasteiger partial charge < -0.3 is 4.74 Å². The van der Waals surface area contributed by atoms with Gasteiger partial charge >= 0.3 is 0 Å². The van der Waals surface area contributed by atoms with Crippen LogP contribution in [0, 0.1) is 0 Å². The monoisotopic (exact) mass is 293 g/mol. The summed E-state index contributed by atoms with van der Waals surface area (Å²) >= 11 is 0. The van der Waals surface area contributed by atoms with Crippen LogP contribution in [0.5, 0.6) is 0 Å². The lowest BCUT2D eigenvalue weighted by atomic mass is 10.0. The molecule has 0 bridgehead atoms. The van der Waals surface area contributed by atoms with Gasteiger partial charge in [0.25, 0.3) is 0 Å². The summed E-state index contributed by atoms with van der Waals surface area (Å²) in [6.45, 7) is 5.16. The minimum Gasteiger partial charge on any atom is -0.374 e. The third kappa shape index (κ3) is 3.13. The Hall–Kier alpha value is -0.950. The number of hydrogen-bond acceptors (Lipinski definition) is 5. The molecule has 2 aliphatic heterocycles. The maximum absolute atomic E-state index is 6.08. The molecule has 21 heavy (non-hydrogen) atoms. The van der Waals surface area contributed by atoms with Crippen molar-refractivity contribution in [1.82, 2.24) is 20.1 Å². The summed E-state index contributed by atoms with van der Waals surface area (Å²) in [4.78, 5) is 2.55. The van der Waals surface area contributed by atoms with Gasteiger partial charge in [-0.2, -0.15) is 5.10 Å². The van der Waals surface area contributed by atoms with Crippen LogP contribution in [0.2, 0.25) is 0 Å². The molecule has 0 aliphatic carbocycles. The molecule has 3 unspecified atom stereocenters. The standard InChI is InChI=1S/C15H27N5O/c1-3-11-7-13(19(2)18-11)8-14(17-16)15-9-20-6-4-5-12(20)10-21-15/h7,12,14-15,17H,3-6,8-10,16H2,1-2H3. The van der Waals surface area contributed by atoms with E-state index in [1.807, 2.05) is 11.7 Å². The summed E-state index contributed by atoms with van der Waals surface area (Å²) in [6.07, 6.45) is 4.54. The summed E-state index contributed by atoms with van der Waals surface area (Å²) in [6, 6.07) is 2.93. The van der Waals surface area contributed by atoms with Crippen molar-refractivity contribution in [2.24, 2.45) is 12.9 Å². The first-order valence-corrected chi connectivity index (χ1v) is 8.04. The van der Waals surface area contributed by atoms with Crippen molar-refractivity contribution in [3.05, 3.63) is 17.5 Å². The number of ether oxygens (including phenoxy) is 1. The van der Waals surface area contributed by atoms with Gasteiger partial charge in [-0.3, -0.25) is 20.9 Å². The second-order valence-corrected chi connectivity index (χ2v) is 6.24. The van der Waals surface area contributed by atoms with Crippen molar-refractivity contribution in [2.45, 2.75) is 50.8 Å². The predicted molar refractivity (Wildman–Crippen MR) is 81.7 cm³/mol. The van der Waals surface area contributed by atoms with Gasteiger partial charge in [-0.05, 0) is 31.9 Å². The Bertz CT molecular complexity index is 475. The molecule has 0 aromatic carbocycles. The fourth-order valence-electron chi connectivity index (χ4n) is 3.54. The van der Waals surface area contributed by atoms with Gasteiger partial charge in [0.1, 0.15) is 0 Å². The van der Waals surface area contributed by atoms with E-state index < -0.39 is 0 Å². The highest BCUT2D eigenvalue weighted by molar-refractivity contribution is 5.12. The molecule has 0 spiro atoms. The predicted octanol–water partition coefficient (Wildman–Crippen LogP) is 0.220. The number of nitrogens with one attached hydrogen (secondary N) is 1. The SMILES string of the molecule is CCc1cc(CC(NN)C2CN3CCCC3CO2)n(C)n1. The molecule has 2 aliphatic rings. The van der Waals surface area contributed by atoms with E-state index >= 15 is 0 Å². The molecule has 1 aromatic heterocycles. The Labute approximate surface area is 126 Å². The maximum Gasteiger partial charge on any atom is 0.0872 e. The Morgan fingerprint density at radius 1 is 1.57 bits per heavy atom. The molecule has 2 saturated heterocycles. The minimum absolute atomic E-state index is 0.131. The van der Waals surface area contributed by atoms with Crippen LogP contribution in [-0.4, -0.2) is 52.6 Å². The number of rotatable bonds is 5. The largest absolute Gasteiger partial charge is 0.374 e. The summed E-state index contributed by atoms with van der Waals surface area (Å²) in [7, 11) is 2.00. The highest BCUT2D eigenvalue weighted by Crippen LogP contribution is 2.24. The van der Waals surface area contributed by atoms with E-state index in [2.05, 4.69) is 28.4 Å². The van der Waals surface area contributed by atoms with Crippen molar-refractivity contribution < 1.29 is 4.74 Å². The van der Waals surface area contributed by atoms with E-state index in [4.69, 9.17) is 10.6 Å². The van der Waals surface area contributed by atoms with Crippen LogP contribution < -0.4 is 11.3 Å². The molecule has 0 saturated carbocycles. The lowest BCUT2D eigenvalue weighted by Gasteiger charge is -2.38. The number of aromatic nitrogens is 2. The van der Waals surface area contributed by atoms with Gasteiger partial charge in [0, 0.05) is 31.7 Å². The Morgan fingerprint density at radius 3 is 3.14 bits per heavy atom. The molecule has 0 radical (unpaired) electrons. The normalized spacial score (nSPS) is 27.8. The summed E-state index contributed by atoms with van der Waals surface area (Å²) in [5, 5.41) is 4.51. The average molecular weight is 293 g/mol. The zero-order valence-corrected chi connectivity index (χ0v) is 13.1. The molecule has 118 valence electrons. The summed E-state index contributed by atoms with van der Waals surface area (Å²) < 4.78 is 8.04. The van der Waals surface area contributed by atoms with Crippen LogP contribution in [-0.2, 0) is 24.6 Å². The van der Waals surface area contributed by atoms with E-state index in [-0.39, 0.29) is 12.1 Å². The van der Waals surface area contributed by atoms with Crippen LogP contribution in [0.4, 0.5) is 0 Å². The van der Waals surface area contributed by atoms with Crippen molar-refractivity contribution in [3.8, 4) is 0 Å². The molecule has 0 amide bonds. The Morgan fingerprint density at radius 2 is 2.43 bits per heavy atom. The van der Waals surface area contributed by atoms with Gasteiger partial charge in [-0.15, -0.1) is 0 Å². The quantitative estimate of drug-likeness (QED) is 0.600. The lowest BCUT2D eigenvalue weighted by Crippen LogP contribution is -2.56. The average Bonchev–Trinajstić information content (AvgIpc) is 3.10. The lowest BCUT2D eigenvalue weighted by molar-refractivity contribution is -0.0646. The maximum atomic E-state index is 6.08. The number of nitrogens with zero attached hydrogens (tertiary/aromatic N) is 3. The fraction of sp³-hybridized carbons (Fsp3) is 0.800. The second-order valence-electron chi connectivity index (χ2n) is 6.24. The van der Waals surface area contributed by atoms with Gasteiger partial charge in [0.05, 0.1) is 24.4 Å².